The van der Waals surface area contributed by atoms with Crippen molar-refractivity contribution in [3.8, 4) is 0 Å². The van der Waals surface area contributed by atoms with Gasteiger partial charge >= 0.3 is 0 Å². The Bertz CT molecular complexity index is 697. The van der Waals surface area contributed by atoms with Gasteiger partial charge in [-0.25, -0.2) is 0 Å². The Morgan fingerprint density at radius 2 is 1.78 bits per heavy atom. The molecule has 6 heteroatoms. The van der Waals surface area contributed by atoms with E-state index in [1.807, 2.05) is 0 Å². The van der Waals surface area contributed by atoms with Gasteiger partial charge in [-0.05, 0) is 30.2 Å². The first-order valence-corrected chi connectivity index (χ1v) is 8.36. The highest BCUT2D eigenvalue weighted by Gasteiger charge is 2.15. The Balaban J connectivity index is 2.00. The first-order valence-electron chi connectivity index (χ1n) is 7.55. The Morgan fingerprint density at radius 1 is 1.13 bits per heavy atom. The number of anilines is 2. The maximum Gasteiger partial charge on any atom is 0.265 e. The summed E-state index contributed by atoms with van der Waals surface area (Å²) in [5, 5.41) is 5.63. The van der Waals surface area contributed by atoms with Crippen molar-refractivity contribution in [2.75, 3.05) is 17.6 Å². The molecule has 2 aromatic rings. The minimum absolute atomic E-state index is 0.145. The zero-order valence-electron chi connectivity index (χ0n) is 13.3. The van der Waals surface area contributed by atoms with Gasteiger partial charge in [-0.2, -0.15) is 0 Å². The van der Waals surface area contributed by atoms with E-state index in [2.05, 4.69) is 24.5 Å². The molecule has 1 atom stereocenters. The number of nitrogens with two attached hydrogens (primary N) is 1. The molecular formula is C17H21N3O2S. The van der Waals surface area contributed by atoms with Crippen molar-refractivity contribution in [3.63, 3.8) is 0 Å². The van der Waals surface area contributed by atoms with Crippen LogP contribution in [0, 0.1) is 5.92 Å². The minimum Gasteiger partial charge on any atom is -0.397 e. The summed E-state index contributed by atoms with van der Waals surface area (Å²) < 4.78 is 0. The third kappa shape index (κ3) is 4.56. The fourth-order valence-corrected chi connectivity index (χ4v) is 2.69. The standard InChI is InChI=1S/C17H21N3O2S/c1-3-11(2)10-19-16(21)14-8-9-15(23-14)17(22)20-13-7-5-4-6-12(13)18/h4-9,11H,3,10,18H2,1-2H3,(H,19,21)(H,20,22). The van der Waals surface area contributed by atoms with Crippen molar-refractivity contribution in [3.05, 3.63) is 46.2 Å². The highest BCUT2D eigenvalue weighted by atomic mass is 32.1. The SMILES string of the molecule is CCC(C)CNC(=O)c1ccc(C(=O)Nc2ccccc2N)s1. The number of benzene rings is 1. The number of carbonyl (C=O) groups is 2. The van der Waals surface area contributed by atoms with E-state index in [0.717, 1.165) is 6.42 Å². The van der Waals surface area contributed by atoms with Gasteiger partial charge in [0, 0.05) is 6.54 Å². The molecule has 23 heavy (non-hydrogen) atoms. The predicted molar refractivity (Wildman–Crippen MR) is 94.9 cm³/mol. The van der Waals surface area contributed by atoms with Gasteiger partial charge in [-0.1, -0.05) is 32.4 Å². The summed E-state index contributed by atoms with van der Waals surface area (Å²) in [5.41, 5.74) is 6.87. The molecule has 4 N–H and O–H groups in total. The van der Waals surface area contributed by atoms with E-state index in [1.165, 1.54) is 11.3 Å². The van der Waals surface area contributed by atoms with Gasteiger partial charge in [0.05, 0.1) is 21.1 Å². The Hall–Kier alpha value is -2.34. The molecule has 0 spiro atoms. The van der Waals surface area contributed by atoms with Gasteiger partial charge in [0.25, 0.3) is 11.8 Å². The van der Waals surface area contributed by atoms with Crippen LogP contribution in [-0.2, 0) is 0 Å². The lowest BCUT2D eigenvalue weighted by Crippen LogP contribution is -2.27. The van der Waals surface area contributed by atoms with Crippen molar-refractivity contribution in [2.45, 2.75) is 20.3 Å². The monoisotopic (exact) mass is 331 g/mol. The molecule has 122 valence electrons. The highest BCUT2D eigenvalue weighted by Crippen LogP contribution is 2.21. The zero-order valence-corrected chi connectivity index (χ0v) is 14.1. The second-order valence-corrected chi connectivity index (χ2v) is 6.51. The summed E-state index contributed by atoms with van der Waals surface area (Å²) in [5.74, 6) is 0.0187. The first kappa shape index (κ1) is 17.0. The summed E-state index contributed by atoms with van der Waals surface area (Å²) in [7, 11) is 0. The second-order valence-electron chi connectivity index (χ2n) is 5.43. The van der Waals surface area contributed by atoms with Gasteiger partial charge in [0.2, 0.25) is 0 Å². The number of para-hydroxylation sites is 2. The molecule has 0 aliphatic heterocycles. The van der Waals surface area contributed by atoms with E-state index in [4.69, 9.17) is 5.73 Å². The molecular weight excluding hydrogens is 310 g/mol. The van der Waals surface area contributed by atoms with Crippen LogP contribution < -0.4 is 16.4 Å². The van der Waals surface area contributed by atoms with Crippen molar-refractivity contribution < 1.29 is 9.59 Å². The quantitative estimate of drug-likeness (QED) is 0.710. The molecule has 1 aromatic carbocycles. The summed E-state index contributed by atoms with van der Waals surface area (Å²) in [6.45, 7) is 4.80. The minimum atomic E-state index is -0.270. The summed E-state index contributed by atoms with van der Waals surface area (Å²) in [6.07, 6.45) is 1.01. The second kappa shape index (κ2) is 7.78. The van der Waals surface area contributed by atoms with Gasteiger partial charge in [-0.15, -0.1) is 11.3 Å². The van der Waals surface area contributed by atoms with Crippen LogP contribution in [0.4, 0.5) is 11.4 Å². The first-order chi connectivity index (χ1) is 11.0. The number of hydrogen-bond donors (Lipinski definition) is 3. The van der Waals surface area contributed by atoms with E-state index < -0.39 is 0 Å². The third-order valence-electron chi connectivity index (χ3n) is 3.57. The topological polar surface area (TPSA) is 84.2 Å². The van der Waals surface area contributed by atoms with Crippen LogP contribution in [0.15, 0.2) is 36.4 Å². The van der Waals surface area contributed by atoms with Crippen LogP contribution in [-0.4, -0.2) is 18.4 Å². The van der Waals surface area contributed by atoms with Crippen molar-refractivity contribution in [1.29, 1.82) is 0 Å². The van der Waals surface area contributed by atoms with Crippen LogP contribution >= 0.6 is 11.3 Å². The van der Waals surface area contributed by atoms with E-state index >= 15 is 0 Å². The average Bonchev–Trinajstić information content (AvgIpc) is 3.04. The molecule has 0 bridgehead atoms. The maximum atomic E-state index is 12.2. The van der Waals surface area contributed by atoms with E-state index in [0.29, 0.717) is 33.6 Å². The number of hydrogen-bond acceptors (Lipinski definition) is 4. The van der Waals surface area contributed by atoms with Crippen molar-refractivity contribution in [2.24, 2.45) is 5.92 Å². The predicted octanol–water partition coefficient (Wildman–Crippen LogP) is 3.36. The lowest BCUT2D eigenvalue weighted by Gasteiger charge is -2.09. The Morgan fingerprint density at radius 3 is 2.43 bits per heavy atom. The maximum absolute atomic E-state index is 12.2. The zero-order chi connectivity index (χ0) is 16.8. The van der Waals surface area contributed by atoms with Crippen LogP contribution in [0.2, 0.25) is 0 Å². The molecule has 1 aromatic heterocycles. The molecule has 0 aliphatic rings. The molecule has 0 radical (unpaired) electrons. The van der Waals surface area contributed by atoms with Gasteiger partial charge in [-0.3, -0.25) is 9.59 Å². The highest BCUT2D eigenvalue weighted by molar-refractivity contribution is 7.16. The summed E-state index contributed by atoms with van der Waals surface area (Å²) in [4.78, 5) is 25.3. The summed E-state index contributed by atoms with van der Waals surface area (Å²) in [6, 6.07) is 10.4. The Labute approximate surface area is 139 Å². The third-order valence-corrected chi connectivity index (χ3v) is 4.65. The number of carbonyl (C=O) groups excluding carboxylic acids is 2. The molecule has 2 rings (SSSR count). The molecule has 1 heterocycles. The number of nitrogen functional groups attached to an aromatic ring is 1. The van der Waals surface area contributed by atoms with Gasteiger partial charge in [0.15, 0.2) is 0 Å². The largest absolute Gasteiger partial charge is 0.397 e. The van der Waals surface area contributed by atoms with E-state index in [-0.39, 0.29) is 11.8 Å². The number of nitrogens with one attached hydrogen (secondary N) is 2. The van der Waals surface area contributed by atoms with Crippen LogP contribution in [0.3, 0.4) is 0 Å². The molecule has 0 fully saturated rings. The van der Waals surface area contributed by atoms with Crippen LogP contribution in [0.1, 0.15) is 39.6 Å². The van der Waals surface area contributed by atoms with E-state index in [9.17, 15) is 9.59 Å². The summed E-state index contributed by atoms with van der Waals surface area (Å²) >= 11 is 1.17. The van der Waals surface area contributed by atoms with Gasteiger partial charge in [0.1, 0.15) is 0 Å². The lowest BCUT2D eigenvalue weighted by atomic mass is 10.1. The van der Waals surface area contributed by atoms with Crippen molar-refractivity contribution in [1.82, 2.24) is 5.32 Å². The van der Waals surface area contributed by atoms with Crippen molar-refractivity contribution >= 4 is 34.5 Å². The van der Waals surface area contributed by atoms with Gasteiger partial charge < -0.3 is 16.4 Å². The average molecular weight is 331 g/mol. The molecule has 2 amide bonds. The Kier molecular flexibility index (Phi) is 5.76. The normalized spacial score (nSPS) is 11.7. The number of amides is 2. The van der Waals surface area contributed by atoms with Crippen LogP contribution in [0.5, 0.6) is 0 Å². The number of thiophene rings is 1. The lowest BCUT2D eigenvalue weighted by molar-refractivity contribution is 0.0951. The fourth-order valence-electron chi connectivity index (χ4n) is 1.88. The van der Waals surface area contributed by atoms with E-state index in [1.54, 1.807) is 36.4 Å². The molecule has 1 unspecified atom stereocenters. The smallest absolute Gasteiger partial charge is 0.265 e. The molecule has 0 aliphatic carbocycles. The number of rotatable bonds is 6. The molecule has 5 nitrogen and oxygen atoms in total. The molecule has 0 saturated carbocycles. The fraction of sp³-hybridized carbons (Fsp3) is 0.294. The van der Waals surface area contributed by atoms with Crippen LogP contribution in [0.25, 0.3) is 0 Å². The molecule has 0 saturated heterocycles.